The molecular formula is C14H19FN2O2S. The zero-order chi connectivity index (χ0) is 14.2. The van der Waals surface area contributed by atoms with E-state index >= 15 is 0 Å². The van der Waals surface area contributed by atoms with Crippen LogP contribution < -0.4 is 5.32 Å². The molecule has 1 atom stereocenters. The summed E-state index contributed by atoms with van der Waals surface area (Å²) in [5.74, 6) is -0.389. The van der Waals surface area contributed by atoms with Gasteiger partial charge in [-0.1, -0.05) is 12.1 Å². The van der Waals surface area contributed by atoms with E-state index in [1.165, 1.54) is 24.3 Å². The molecule has 0 saturated carbocycles. The molecule has 2 heterocycles. The number of nitrogens with one attached hydrogen (secondary N) is 1. The molecule has 1 unspecified atom stereocenters. The van der Waals surface area contributed by atoms with Crippen LogP contribution in [0.15, 0.2) is 24.3 Å². The van der Waals surface area contributed by atoms with Gasteiger partial charge in [-0.3, -0.25) is 0 Å². The maximum atomic E-state index is 12.9. The summed E-state index contributed by atoms with van der Waals surface area (Å²) >= 11 is 0. The molecule has 1 N–H and O–H groups in total. The second kappa shape index (κ2) is 5.09. The van der Waals surface area contributed by atoms with Crippen LogP contribution >= 0.6 is 0 Å². The first-order valence-electron chi connectivity index (χ1n) is 6.92. The van der Waals surface area contributed by atoms with Gasteiger partial charge in [-0.05, 0) is 42.5 Å². The predicted molar refractivity (Wildman–Crippen MR) is 75.1 cm³/mol. The van der Waals surface area contributed by atoms with Crippen molar-refractivity contribution in [2.45, 2.75) is 18.6 Å². The largest absolute Gasteiger partial charge is 0.316 e. The zero-order valence-electron chi connectivity index (χ0n) is 11.3. The molecule has 2 fully saturated rings. The van der Waals surface area contributed by atoms with Crippen LogP contribution in [0, 0.1) is 11.2 Å². The van der Waals surface area contributed by atoms with E-state index in [9.17, 15) is 12.8 Å². The third-order valence-corrected chi connectivity index (χ3v) is 6.19. The normalized spacial score (nSPS) is 27.4. The molecule has 2 aliphatic rings. The number of hydrogen-bond acceptors (Lipinski definition) is 3. The number of nitrogens with zero attached hydrogens (tertiary/aromatic N) is 1. The monoisotopic (exact) mass is 298 g/mol. The topological polar surface area (TPSA) is 49.4 Å². The molecule has 1 spiro atoms. The molecule has 2 aliphatic heterocycles. The van der Waals surface area contributed by atoms with Gasteiger partial charge >= 0.3 is 0 Å². The number of rotatable bonds is 3. The average Bonchev–Trinajstić information content (AvgIpc) is 3.04. The lowest BCUT2D eigenvalue weighted by molar-refractivity contribution is 0.338. The van der Waals surface area contributed by atoms with Crippen LogP contribution in [0.3, 0.4) is 0 Å². The standard InChI is InChI=1S/C14H19FN2O2S/c15-13-3-1-12(2-4-13)9-20(18,19)17-8-6-14(11-17)5-7-16-10-14/h1-4,16H,5-11H2. The van der Waals surface area contributed by atoms with Crippen molar-refractivity contribution < 1.29 is 12.8 Å². The molecule has 0 bridgehead atoms. The van der Waals surface area contributed by atoms with Crippen molar-refractivity contribution in [3.05, 3.63) is 35.6 Å². The molecule has 6 heteroatoms. The van der Waals surface area contributed by atoms with Gasteiger partial charge in [0.1, 0.15) is 5.82 Å². The highest BCUT2D eigenvalue weighted by Gasteiger charge is 2.43. The fourth-order valence-corrected chi connectivity index (χ4v) is 4.79. The minimum atomic E-state index is -3.31. The highest BCUT2D eigenvalue weighted by Crippen LogP contribution is 2.37. The first-order chi connectivity index (χ1) is 9.49. The Labute approximate surface area is 119 Å². The fourth-order valence-electron chi connectivity index (χ4n) is 3.16. The number of hydrogen-bond donors (Lipinski definition) is 1. The van der Waals surface area contributed by atoms with Crippen molar-refractivity contribution in [2.24, 2.45) is 5.41 Å². The number of benzene rings is 1. The molecular weight excluding hydrogens is 279 g/mol. The summed E-state index contributed by atoms with van der Waals surface area (Å²) in [5.41, 5.74) is 0.771. The van der Waals surface area contributed by atoms with Crippen LogP contribution in [0.1, 0.15) is 18.4 Å². The van der Waals surface area contributed by atoms with Gasteiger partial charge in [0.15, 0.2) is 0 Å². The van der Waals surface area contributed by atoms with Gasteiger partial charge in [0, 0.05) is 19.6 Å². The third-order valence-electron chi connectivity index (χ3n) is 4.39. The van der Waals surface area contributed by atoms with Crippen LogP contribution in [0.4, 0.5) is 4.39 Å². The molecule has 0 aromatic heterocycles. The predicted octanol–water partition coefficient (Wildman–Crippen LogP) is 1.34. The first-order valence-corrected chi connectivity index (χ1v) is 8.53. The summed E-state index contributed by atoms with van der Waals surface area (Å²) in [7, 11) is -3.31. The van der Waals surface area contributed by atoms with E-state index in [-0.39, 0.29) is 17.0 Å². The fraction of sp³-hybridized carbons (Fsp3) is 0.571. The van der Waals surface area contributed by atoms with Crippen molar-refractivity contribution in [3.63, 3.8) is 0 Å². The Balaban J connectivity index is 1.71. The number of halogens is 1. The minimum Gasteiger partial charge on any atom is -0.316 e. The van der Waals surface area contributed by atoms with E-state index < -0.39 is 10.0 Å². The Morgan fingerprint density at radius 1 is 1.25 bits per heavy atom. The minimum absolute atomic E-state index is 0.0449. The summed E-state index contributed by atoms with van der Waals surface area (Å²) in [5, 5.41) is 3.32. The van der Waals surface area contributed by atoms with E-state index in [1.807, 2.05) is 0 Å². The van der Waals surface area contributed by atoms with Crippen molar-refractivity contribution >= 4 is 10.0 Å². The van der Waals surface area contributed by atoms with Gasteiger partial charge in [0.05, 0.1) is 5.75 Å². The van der Waals surface area contributed by atoms with E-state index in [0.717, 1.165) is 25.9 Å². The maximum absolute atomic E-state index is 12.9. The smallest absolute Gasteiger partial charge is 0.218 e. The van der Waals surface area contributed by atoms with Crippen molar-refractivity contribution in [3.8, 4) is 0 Å². The summed E-state index contributed by atoms with van der Waals surface area (Å²) in [4.78, 5) is 0. The van der Waals surface area contributed by atoms with Crippen LogP contribution in [-0.2, 0) is 15.8 Å². The molecule has 4 nitrogen and oxygen atoms in total. The van der Waals surface area contributed by atoms with Crippen LogP contribution in [0.25, 0.3) is 0 Å². The molecule has 1 aromatic carbocycles. The van der Waals surface area contributed by atoms with E-state index in [0.29, 0.717) is 18.7 Å². The molecule has 2 saturated heterocycles. The molecule has 1 aromatic rings. The van der Waals surface area contributed by atoms with Crippen LogP contribution in [0.2, 0.25) is 0 Å². The first kappa shape index (κ1) is 14.0. The molecule has 0 radical (unpaired) electrons. The summed E-state index contributed by atoms with van der Waals surface area (Å²) in [6, 6.07) is 5.68. The van der Waals surface area contributed by atoms with E-state index in [1.54, 1.807) is 4.31 Å². The molecule has 3 rings (SSSR count). The Kier molecular flexibility index (Phi) is 3.56. The van der Waals surface area contributed by atoms with Crippen molar-refractivity contribution in [2.75, 3.05) is 26.2 Å². The van der Waals surface area contributed by atoms with Crippen molar-refractivity contribution in [1.82, 2.24) is 9.62 Å². The van der Waals surface area contributed by atoms with Gasteiger partial charge in [-0.15, -0.1) is 0 Å². The quantitative estimate of drug-likeness (QED) is 0.916. The summed E-state index contributed by atoms with van der Waals surface area (Å²) in [6.45, 7) is 3.11. The van der Waals surface area contributed by atoms with Crippen molar-refractivity contribution in [1.29, 1.82) is 0 Å². The molecule has 20 heavy (non-hydrogen) atoms. The second-order valence-corrected chi connectivity index (χ2v) is 7.86. The van der Waals surface area contributed by atoms with Gasteiger partial charge in [-0.2, -0.15) is 0 Å². The maximum Gasteiger partial charge on any atom is 0.218 e. The molecule has 0 amide bonds. The average molecular weight is 298 g/mol. The van der Waals surface area contributed by atoms with Crippen LogP contribution in [-0.4, -0.2) is 38.9 Å². The molecule has 0 aliphatic carbocycles. The van der Waals surface area contributed by atoms with Gasteiger partial charge in [0.2, 0.25) is 10.0 Å². The Bertz CT molecular complexity index is 580. The summed E-state index contributed by atoms with van der Waals surface area (Å²) in [6.07, 6.45) is 1.98. The highest BCUT2D eigenvalue weighted by atomic mass is 32.2. The highest BCUT2D eigenvalue weighted by molar-refractivity contribution is 7.88. The van der Waals surface area contributed by atoms with Crippen LogP contribution in [0.5, 0.6) is 0 Å². The van der Waals surface area contributed by atoms with E-state index in [4.69, 9.17) is 0 Å². The molecule has 110 valence electrons. The SMILES string of the molecule is O=S(=O)(Cc1ccc(F)cc1)N1CCC2(CCNC2)C1. The lowest BCUT2D eigenvalue weighted by Crippen LogP contribution is -2.34. The van der Waals surface area contributed by atoms with E-state index in [2.05, 4.69) is 5.32 Å². The third kappa shape index (κ3) is 2.73. The second-order valence-electron chi connectivity index (χ2n) is 5.89. The lowest BCUT2D eigenvalue weighted by Gasteiger charge is -2.22. The number of sulfonamides is 1. The van der Waals surface area contributed by atoms with Gasteiger partial charge < -0.3 is 5.32 Å². The Morgan fingerprint density at radius 3 is 2.65 bits per heavy atom. The van der Waals surface area contributed by atoms with Gasteiger partial charge in [-0.25, -0.2) is 17.1 Å². The zero-order valence-corrected chi connectivity index (χ0v) is 12.1. The Hall–Kier alpha value is -0.980. The summed E-state index contributed by atoms with van der Waals surface area (Å²) < 4.78 is 39.3. The Morgan fingerprint density at radius 2 is 2.00 bits per heavy atom. The van der Waals surface area contributed by atoms with Gasteiger partial charge in [0.25, 0.3) is 0 Å². The lowest BCUT2D eigenvalue weighted by atomic mass is 9.87.